The van der Waals surface area contributed by atoms with E-state index in [0.29, 0.717) is 5.89 Å². The smallest absolute Gasteiger partial charge is 0.257 e. The molecule has 2 aromatic carbocycles. The van der Waals surface area contributed by atoms with Gasteiger partial charge in [0.15, 0.2) is 5.82 Å². The number of rotatable bonds is 7. The molecule has 2 heterocycles. The predicted molar refractivity (Wildman–Crippen MR) is 118 cm³/mol. The maximum absolute atomic E-state index is 5.45. The first-order valence-corrected chi connectivity index (χ1v) is 11.3. The molecule has 1 fully saturated rings. The van der Waals surface area contributed by atoms with Crippen molar-refractivity contribution in [2.24, 2.45) is 0 Å². The lowest BCUT2D eigenvalue weighted by atomic mass is 10.2. The molecule has 6 heteroatoms. The highest BCUT2D eigenvalue weighted by Crippen LogP contribution is 2.20. The van der Waals surface area contributed by atoms with E-state index in [1.165, 1.54) is 10.5 Å². The highest BCUT2D eigenvalue weighted by atomic mass is 32.2. The van der Waals surface area contributed by atoms with Crippen LogP contribution in [-0.2, 0) is 13.1 Å². The van der Waals surface area contributed by atoms with Gasteiger partial charge in [-0.1, -0.05) is 42.4 Å². The van der Waals surface area contributed by atoms with Crippen LogP contribution >= 0.6 is 11.8 Å². The van der Waals surface area contributed by atoms with Gasteiger partial charge in [-0.3, -0.25) is 9.80 Å². The van der Waals surface area contributed by atoms with Crippen molar-refractivity contribution in [1.29, 1.82) is 0 Å². The molecule has 152 valence electrons. The van der Waals surface area contributed by atoms with E-state index in [0.717, 1.165) is 62.8 Å². The first-order valence-electron chi connectivity index (χ1n) is 10.3. The van der Waals surface area contributed by atoms with E-state index in [4.69, 9.17) is 4.52 Å². The van der Waals surface area contributed by atoms with Crippen molar-refractivity contribution < 1.29 is 4.52 Å². The zero-order valence-corrected chi connectivity index (χ0v) is 17.8. The average Bonchev–Trinajstić information content (AvgIpc) is 3.11. The summed E-state index contributed by atoms with van der Waals surface area (Å²) in [6, 6.07) is 19.0. The number of nitrogens with zero attached hydrogens (tertiary/aromatic N) is 4. The van der Waals surface area contributed by atoms with Crippen molar-refractivity contribution in [3.63, 3.8) is 0 Å². The van der Waals surface area contributed by atoms with Gasteiger partial charge in [0, 0.05) is 30.1 Å². The molecule has 1 aliphatic heterocycles. The Bertz CT molecular complexity index is 881. The van der Waals surface area contributed by atoms with E-state index in [1.807, 2.05) is 42.1 Å². The number of benzene rings is 2. The number of thioether (sulfide) groups is 1. The Morgan fingerprint density at radius 2 is 1.62 bits per heavy atom. The summed E-state index contributed by atoms with van der Waals surface area (Å²) >= 11 is 1.90. The molecule has 3 aromatic rings. The van der Waals surface area contributed by atoms with Gasteiger partial charge >= 0.3 is 0 Å². The minimum absolute atomic E-state index is 0.599. The third-order valence-electron chi connectivity index (χ3n) is 5.18. The van der Waals surface area contributed by atoms with E-state index >= 15 is 0 Å². The standard InChI is InChI=1S/C23H28N4OS/c1-2-29-21-11-9-19(10-12-21)17-26-13-6-14-27(16-15-26)18-22-24-23(28-25-22)20-7-4-3-5-8-20/h3-5,7-12H,2,6,13-18H2,1H3. The summed E-state index contributed by atoms with van der Waals surface area (Å²) in [7, 11) is 0. The lowest BCUT2D eigenvalue weighted by molar-refractivity contribution is 0.241. The first-order chi connectivity index (χ1) is 14.3. The Balaban J connectivity index is 1.29. The van der Waals surface area contributed by atoms with E-state index < -0.39 is 0 Å². The summed E-state index contributed by atoms with van der Waals surface area (Å²) in [5, 5.41) is 4.18. The maximum Gasteiger partial charge on any atom is 0.257 e. The van der Waals surface area contributed by atoms with Crippen molar-refractivity contribution in [3.8, 4) is 11.5 Å². The molecule has 0 radical (unpaired) electrons. The number of hydrogen-bond acceptors (Lipinski definition) is 6. The second-order valence-electron chi connectivity index (χ2n) is 7.36. The average molecular weight is 409 g/mol. The molecule has 1 aromatic heterocycles. The fourth-order valence-corrected chi connectivity index (χ4v) is 4.33. The highest BCUT2D eigenvalue weighted by molar-refractivity contribution is 7.99. The van der Waals surface area contributed by atoms with Gasteiger partial charge in [-0.2, -0.15) is 4.98 Å². The minimum atomic E-state index is 0.599. The summed E-state index contributed by atoms with van der Waals surface area (Å²) in [4.78, 5) is 10.9. The Morgan fingerprint density at radius 1 is 0.897 bits per heavy atom. The van der Waals surface area contributed by atoms with Crippen LogP contribution in [0.25, 0.3) is 11.5 Å². The SMILES string of the molecule is CCSc1ccc(CN2CCCN(Cc3noc(-c4ccccc4)n3)CC2)cc1. The molecule has 0 saturated carbocycles. The van der Waals surface area contributed by atoms with Crippen LogP contribution in [0.3, 0.4) is 0 Å². The van der Waals surface area contributed by atoms with Crippen molar-refractivity contribution >= 4 is 11.8 Å². The Kier molecular flexibility index (Phi) is 6.98. The van der Waals surface area contributed by atoms with Crippen molar-refractivity contribution in [1.82, 2.24) is 19.9 Å². The Morgan fingerprint density at radius 3 is 2.34 bits per heavy atom. The van der Waals surface area contributed by atoms with Crippen LogP contribution in [0.1, 0.15) is 24.7 Å². The number of aromatic nitrogens is 2. The van der Waals surface area contributed by atoms with Gasteiger partial charge in [0.1, 0.15) is 0 Å². The Labute approximate surface area is 177 Å². The van der Waals surface area contributed by atoms with Crippen molar-refractivity contribution in [2.45, 2.75) is 31.3 Å². The minimum Gasteiger partial charge on any atom is -0.334 e. The third-order valence-corrected chi connectivity index (χ3v) is 6.07. The van der Waals surface area contributed by atoms with Crippen molar-refractivity contribution in [2.75, 3.05) is 31.9 Å². The molecule has 0 atom stereocenters. The molecule has 0 spiro atoms. The lowest BCUT2D eigenvalue weighted by Crippen LogP contribution is -2.30. The fraction of sp³-hybridized carbons (Fsp3) is 0.391. The quantitative estimate of drug-likeness (QED) is 0.534. The van der Waals surface area contributed by atoms with Crippen LogP contribution in [0.2, 0.25) is 0 Å². The molecule has 0 unspecified atom stereocenters. The van der Waals surface area contributed by atoms with Crippen LogP contribution in [0.15, 0.2) is 64.0 Å². The molecule has 29 heavy (non-hydrogen) atoms. The zero-order valence-electron chi connectivity index (χ0n) is 17.0. The molecular formula is C23H28N4OS. The highest BCUT2D eigenvalue weighted by Gasteiger charge is 2.18. The van der Waals surface area contributed by atoms with E-state index in [-0.39, 0.29) is 0 Å². The summed E-state index contributed by atoms with van der Waals surface area (Å²) in [6.45, 7) is 8.24. The third kappa shape index (κ3) is 5.69. The molecule has 1 saturated heterocycles. The topological polar surface area (TPSA) is 45.4 Å². The summed E-state index contributed by atoms with van der Waals surface area (Å²) in [5.74, 6) is 2.48. The van der Waals surface area contributed by atoms with Crippen molar-refractivity contribution in [3.05, 3.63) is 66.0 Å². The summed E-state index contributed by atoms with van der Waals surface area (Å²) in [6.07, 6.45) is 1.16. The van der Waals surface area contributed by atoms with Gasteiger partial charge < -0.3 is 4.52 Å². The van der Waals surface area contributed by atoms with E-state index in [2.05, 4.69) is 51.1 Å². The zero-order chi connectivity index (χ0) is 19.9. The molecule has 0 aliphatic carbocycles. The lowest BCUT2D eigenvalue weighted by Gasteiger charge is -2.21. The Hall–Kier alpha value is -2.15. The van der Waals surface area contributed by atoms with Gasteiger partial charge in [-0.25, -0.2) is 0 Å². The maximum atomic E-state index is 5.45. The molecule has 0 amide bonds. The van der Waals surface area contributed by atoms with Crippen LogP contribution in [-0.4, -0.2) is 51.9 Å². The molecule has 1 aliphatic rings. The molecular weight excluding hydrogens is 380 g/mol. The van der Waals surface area contributed by atoms with E-state index in [9.17, 15) is 0 Å². The molecule has 0 N–H and O–H groups in total. The number of hydrogen-bond donors (Lipinski definition) is 0. The van der Waals surface area contributed by atoms with E-state index in [1.54, 1.807) is 0 Å². The second kappa shape index (κ2) is 10.1. The normalized spacial score (nSPS) is 16.0. The predicted octanol–water partition coefficient (Wildman–Crippen LogP) is 4.56. The molecule has 0 bridgehead atoms. The second-order valence-corrected chi connectivity index (χ2v) is 8.70. The van der Waals surface area contributed by atoms with Gasteiger partial charge in [0.05, 0.1) is 6.54 Å². The summed E-state index contributed by atoms with van der Waals surface area (Å²) < 4.78 is 5.45. The van der Waals surface area contributed by atoms with Crippen LogP contribution in [0, 0.1) is 0 Å². The largest absolute Gasteiger partial charge is 0.334 e. The van der Waals surface area contributed by atoms with Gasteiger partial charge in [0.25, 0.3) is 5.89 Å². The van der Waals surface area contributed by atoms with Gasteiger partial charge in [-0.15, -0.1) is 11.8 Å². The fourth-order valence-electron chi connectivity index (χ4n) is 3.67. The monoisotopic (exact) mass is 408 g/mol. The summed E-state index contributed by atoms with van der Waals surface area (Å²) in [5.41, 5.74) is 2.36. The van der Waals surface area contributed by atoms with Crippen LogP contribution < -0.4 is 0 Å². The molecule has 4 rings (SSSR count). The molecule has 5 nitrogen and oxygen atoms in total. The van der Waals surface area contributed by atoms with Gasteiger partial charge in [0.2, 0.25) is 0 Å². The van der Waals surface area contributed by atoms with Crippen LogP contribution in [0.4, 0.5) is 0 Å². The first kappa shape index (κ1) is 20.1. The van der Waals surface area contributed by atoms with Gasteiger partial charge in [-0.05, 0) is 55.1 Å². The van der Waals surface area contributed by atoms with Crippen LogP contribution in [0.5, 0.6) is 0 Å².